The van der Waals surface area contributed by atoms with E-state index in [-0.39, 0.29) is 102 Å². The maximum Gasteiger partial charge on any atom is 0.245 e. The van der Waals surface area contributed by atoms with Crippen molar-refractivity contribution in [2.75, 3.05) is 51.3 Å². The number of carbonyl (C=O) groups is 11. The summed E-state index contributed by atoms with van der Waals surface area (Å²) in [7, 11) is 0. The van der Waals surface area contributed by atoms with E-state index >= 15 is 0 Å². The lowest BCUT2D eigenvalue weighted by Gasteiger charge is -2.28. The van der Waals surface area contributed by atoms with Gasteiger partial charge in [-0.2, -0.15) is 11.8 Å². The van der Waals surface area contributed by atoms with E-state index in [9.17, 15) is 57.8 Å². The summed E-state index contributed by atoms with van der Waals surface area (Å²) in [5.41, 5.74) is 30.1. The van der Waals surface area contributed by atoms with Crippen molar-refractivity contribution in [2.24, 2.45) is 34.6 Å². The standard InChI is InChI=1S/C56H98N16O12S/c1-6-7-8-9-13-16-45(74)63-36(17-24-57)47(75)69-42(23-30-85-5)52(80)65-37(18-25-58)49(77)68-41-22-29-62-56(84)46(34(4)73)72-53(81)40(21-28-61)66-48(76)38(19-26-59)67-54(82)43(31-33(2)3)70-55(83)44(32-35-14-11-10-12-15-35)71-50(78)39(20-27-60)64-51(41)79/h10-12,14-15,33-34,36-44,46,73H,6-9,13,16-32,57-61H2,1-5H3,(H,62,84)(H,63,74)(H,64,79)(H,65,80)(H,66,76)(H,67,82)(H,68,77)(H,69,75)(H,70,83)(H,71,78)(H,72,81)/t34-,36+,37+,38+,39+,40+,41+,42+,43+,44-,46+/m1/s1. The number of hydrogen-bond acceptors (Lipinski definition) is 18. The largest absolute Gasteiger partial charge is 0.391 e. The van der Waals surface area contributed by atoms with Crippen molar-refractivity contribution in [1.29, 1.82) is 0 Å². The molecule has 0 bridgehead atoms. The number of amides is 11. The molecule has 1 aliphatic heterocycles. The number of aliphatic hydroxyl groups excluding tert-OH is 1. The van der Waals surface area contributed by atoms with Gasteiger partial charge in [-0.15, -0.1) is 0 Å². The second kappa shape index (κ2) is 41.5. The summed E-state index contributed by atoms with van der Waals surface area (Å²) < 4.78 is 0. The predicted molar refractivity (Wildman–Crippen MR) is 323 cm³/mol. The second-order valence-corrected chi connectivity index (χ2v) is 22.6. The van der Waals surface area contributed by atoms with Crippen molar-refractivity contribution < 1.29 is 57.8 Å². The SMILES string of the molecule is CCCCCCCC(=O)N[C@@H](CCN)C(=O)N[C@@H](CCSC)C(=O)N[C@@H](CCN)C(=O)N[C@H]1CCNC(=O)[C@H]([C@@H](C)O)NC(=O)[C@H](CCN)NC(=O)[C@H](CCN)NC(=O)[C@H](CC(C)C)NC(=O)[C@@H](Cc2ccccc2)NC(=O)[C@H](CCN)NC1=O. The fourth-order valence-electron chi connectivity index (χ4n) is 9.16. The molecule has 0 aromatic heterocycles. The van der Waals surface area contributed by atoms with Crippen molar-refractivity contribution >= 4 is 76.7 Å². The maximum atomic E-state index is 14.6. The molecule has 1 aromatic carbocycles. The highest BCUT2D eigenvalue weighted by molar-refractivity contribution is 7.98. The van der Waals surface area contributed by atoms with Gasteiger partial charge in [-0.25, -0.2) is 0 Å². The van der Waals surface area contributed by atoms with Crippen LogP contribution in [-0.4, -0.2) is 188 Å². The van der Waals surface area contributed by atoms with E-state index < -0.39 is 139 Å². The number of aliphatic hydroxyl groups is 1. The number of hydrogen-bond donors (Lipinski definition) is 17. The summed E-state index contributed by atoms with van der Waals surface area (Å²) in [6, 6.07) is -5.29. The number of nitrogens with two attached hydrogens (primary N) is 5. The van der Waals surface area contributed by atoms with E-state index in [0.717, 1.165) is 25.7 Å². The number of carbonyl (C=O) groups excluding carboxylic acids is 11. The lowest BCUT2D eigenvalue weighted by atomic mass is 10.00. The Morgan fingerprint density at radius 3 is 1.55 bits per heavy atom. The molecule has 1 heterocycles. The van der Waals surface area contributed by atoms with Gasteiger partial charge in [-0.05, 0) is 121 Å². The predicted octanol–water partition coefficient (Wildman–Crippen LogP) is -4.12. The molecule has 29 heteroatoms. The highest BCUT2D eigenvalue weighted by Crippen LogP contribution is 2.12. The fourth-order valence-corrected chi connectivity index (χ4v) is 9.63. The van der Waals surface area contributed by atoms with Gasteiger partial charge in [-0.1, -0.05) is 76.8 Å². The van der Waals surface area contributed by atoms with E-state index in [2.05, 4.69) is 65.4 Å². The van der Waals surface area contributed by atoms with Gasteiger partial charge in [0.15, 0.2) is 0 Å². The third-order valence-electron chi connectivity index (χ3n) is 13.9. The Morgan fingerprint density at radius 2 is 1.05 bits per heavy atom. The van der Waals surface area contributed by atoms with Crippen LogP contribution in [0.15, 0.2) is 30.3 Å². The summed E-state index contributed by atoms with van der Waals surface area (Å²) >= 11 is 1.39. The molecular formula is C56H98N16O12S. The molecule has 0 aliphatic carbocycles. The van der Waals surface area contributed by atoms with Crippen LogP contribution in [0.3, 0.4) is 0 Å². The smallest absolute Gasteiger partial charge is 0.245 e. The summed E-state index contributed by atoms with van der Waals surface area (Å²) in [5, 5.41) is 39.6. The quantitative estimate of drug-likeness (QED) is 0.0314. The summed E-state index contributed by atoms with van der Waals surface area (Å²) in [5.74, 6) is -8.80. The zero-order valence-corrected chi connectivity index (χ0v) is 50.9. The molecule has 1 aliphatic rings. The van der Waals surface area contributed by atoms with Crippen LogP contribution in [0.1, 0.15) is 123 Å². The molecule has 22 N–H and O–H groups in total. The summed E-state index contributed by atoms with van der Waals surface area (Å²) in [6.07, 6.45) is 3.99. The zero-order valence-electron chi connectivity index (χ0n) is 50.1. The minimum Gasteiger partial charge on any atom is -0.391 e. The van der Waals surface area contributed by atoms with Gasteiger partial charge in [-0.3, -0.25) is 52.7 Å². The lowest BCUT2D eigenvalue weighted by molar-refractivity contribution is -0.136. The van der Waals surface area contributed by atoms with Crippen molar-refractivity contribution in [2.45, 2.75) is 191 Å². The Balaban J connectivity index is 2.69. The summed E-state index contributed by atoms with van der Waals surface area (Å²) in [4.78, 5) is 154. The minimum atomic E-state index is -1.67. The average molecular weight is 1220 g/mol. The first-order valence-electron chi connectivity index (χ1n) is 29.6. The number of nitrogens with one attached hydrogen (secondary N) is 11. The van der Waals surface area contributed by atoms with Crippen LogP contribution in [-0.2, 0) is 59.2 Å². The molecule has 1 fully saturated rings. The Morgan fingerprint density at radius 1 is 0.576 bits per heavy atom. The van der Waals surface area contributed by atoms with Crippen LogP contribution in [0.4, 0.5) is 0 Å². The molecule has 1 saturated heterocycles. The van der Waals surface area contributed by atoms with Gasteiger partial charge in [0.25, 0.3) is 0 Å². The van der Waals surface area contributed by atoms with Crippen LogP contribution in [0.25, 0.3) is 0 Å². The maximum absolute atomic E-state index is 14.6. The number of unbranched alkanes of at least 4 members (excludes halogenated alkanes) is 4. The van der Waals surface area contributed by atoms with Crippen LogP contribution in [0.2, 0.25) is 0 Å². The van der Waals surface area contributed by atoms with Gasteiger partial charge in [0.05, 0.1) is 6.10 Å². The molecule has 2 rings (SSSR count). The molecule has 85 heavy (non-hydrogen) atoms. The monoisotopic (exact) mass is 1220 g/mol. The lowest BCUT2D eigenvalue weighted by Crippen LogP contribution is -2.61. The molecule has 0 radical (unpaired) electrons. The zero-order chi connectivity index (χ0) is 63.4. The number of rotatable bonds is 31. The molecule has 0 unspecified atom stereocenters. The molecule has 28 nitrogen and oxygen atoms in total. The topological polar surface area (TPSA) is 470 Å². The number of benzene rings is 1. The Hall–Kier alpha value is -6.50. The molecular weight excluding hydrogens is 1120 g/mol. The van der Waals surface area contributed by atoms with Crippen LogP contribution < -0.4 is 87.2 Å². The molecule has 1 aromatic rings. The van der Waals surface area contributed by atoms with Gasteiger partial charge in [0.1, 0.15) is 60.4 Å². The third-order valence-corrected chi connectivity index (χ3v) is 14.5. The Bertz CT molecular complexity index is 2290. The van der Waals surface area contributed by atoms with Crippen molar-refractivity contribution in [3.8, 4) is 0 Å². The van der Waals surface area contributed by atoms with E-state index in [1.54, 1.807) is 50.4 Å². The first-order valence-corrected chi connectivity index (χ1v) is 31.0. The Labute approximate surface area is 503 Å². The van der Waals surface area contributed by atoms with E-state index in [0.29, 0.717) is 17.7 Å². The van der Waals surface area contributed by atoms with E-state index in [1.807, 2.05) is 0 Å². The van der Waals surface area contributed by atoms with Gasteiger partial charge in [0.2, 0.25) is 65.0 Å². The van der Waals surface area contributed by atoms with Crippen molar-refractivity contribution in [3.63, 3.8) is 0 Å². The van der Waals surface area contributed by atoms with Gasteiger partial charge >= 0.3 is 0 Å². The van der Waals surface area contributed by atoms with Crippen molar-refractivity contribution in [1.82, 2.24) is 58.5 Å². The first kappa shape index (κ1) is 74.6. The highest BCUT2D eigenvalue weighted by atomic mass is 32.2. The van der Waals surface area contributed by atoms with Gasteiger partial charge < -0.3 is 92.3 Å². The third kappa shape index (κ3) is 28.0. The van der Waals surface area contributed by atoms with Crippen LogP contribution in [0.5, 0.6) is 0 Å². The van der Waals surface area contributed by atoms with Crippen molar-refractivity contribution in [3.05, 3.63) is 35.9 Å². The van der Waals surface area contributed by atoms with Crippen LogP contribution in [0, 0.1) is 5.92 Å². The fraction of sp³-hybridized carbons (Fsp3) is 0.696. The summed E-state index contributed by atoms with van der Waals surface area (Å²) in [6.45, 7) is 5.93. The van der Waals surface area contributed by atoms with Crippen LogP contribution >= 0.6 is 11.8 Å². The number of thioether (sulfide) groups is 1. The minimum absolute atomic E-state index is 0.0440. The molecule has 0 spiro atoms. The normalized spacial score (nSPS) is 22.1. The van der Waals surface area contributed by atoms with E-state index in [4.69, 9.17) is 28.7 Å². The molecule has 0 saturated carbocycles. The highest BCUT2D eigenvalue weighted by Gasteiger charge is 2.37. The van der Waals surface area contributed by atoms with Gasteiger partial charge in [0, 0.05) is 19.4 Å². The first-order chi connectivity index (χ1) is 40.6. The molecule has 11 atom stereocenters. The average Bonchev–Trinajstić information content (AvgIpc) is 3.67. The molecule has 11 amide bonds. The van der Waals surface area contributed by atoms with E-state index in [1.165, 1.54) is 18.7 Å². The second-order valence-electron chi connectivity index (χ2n) is 21.6. The molecule has 480 valence electrons. The Kier molecular flexibility index (Phi) is 36.5.